The molecular weight excluding hydrogens is 196 g/mol. The summed E-state index contributed by atoms with van der Waals surface area (Å²) in [6.07, 6.45) is 6.25. The van der Waals surface area contributed by atoms with E-state index in [1.54, 1.807) is 11.1 Å². The topological polar surface area (TPSA) is 20.2 Å². The molecule has 0 saturated heterocycles. The summed E-state index contributed by atoms with van der Waals surface area (Å²) in [6, 6.07) is 0. The monoisotopic (exact) mass is 222 g/mol. The predicted octanol–water partition coefficient (Wildman–Crippen LogP) is 3.92. The molecule has 2 rings (SSSR count). The van der Waals surface area contributed by atoms with Crippen molar-refractivity contribution in [1.82, 2.24) is 0 Å². The van der Waals surface area contributed by atoms with Gasteiger partial charge in [-0.1, -0.05) is 25.0 Å². The molecule has 0 amide bonds. The van der Waals surface area contributed by atoms with Crippen molar-refractivity contribution in [2.45, 2.75) is 65.4 Å². The lowest BCUT2D eigenvalue weighted by Crippen LogP contribution is -2.31. The third-order valence-corrected chi connectivity index (χ3v) is 4.86. The molecule has 0 radical (unpaired) electrons. The van der Waals surface area contributed by atoms with E-state index >= 15 is 0 Å². The van der Waals surface area contributed by atoms with Crippen molar-refractivity contribution >= 4 is 0 Å². The van der Waals surface area contributed by atoms with Crippen LogP contribution >= 0.6 is 0 Å². The molecule has 0 aliphatic heterocycles. The van der Waals surface area contributed by atoms with Gasteiger partial charge in [-0.3, -0.25) is 0 Å². The lowest BCUT2D eigenvalue weighted by atomic mass is 9.81. The number of hydrogen-bond acceptors (Lipinski definition) is 1. The summed E-state index contributed by atoms with van der Waals surface area (Å²) in [7, 11) is 0. The molecule has 92 valence electrons. The summed E-state index contributed by atoms with van der Waals surface area (Å²) in [5.41, 5.74) is 2.92. The van der Waals surface area contributed by atoms with Crippen LogP contribution in [0.25, 0.3) is 0 Å². The van der Waals surface area contributed by atoms with Crippen molar-refractivity contribution in [1.29, 1.82) is 0 Å². The van der Waals surface area contributed by atoms with Crippen molar-refractivity contribution in [3.63, 3.8) is 0 Å². The molecule has 2 unspecified atom stereocenters. The van der Waals surface area contributed by atoms with Gasteiger partial charge >= 0.3 is 0 Å². The minimum absolute atomic E-state index is 0.461. The van der Waals surface area contributed by atoms with Crippen molar-refractivity contribution in [3.8, 4) is 0 Å². The van der Waals surface area contributed by atoms with Crippen LogP contribution in [0.3, 0.4) is 0 Å². The standard InChI is InChI=1S/C15H26O/c1-10-5-7-12(15(3,4)16)9-14-11(2)6-8-13(10)14/h10-12,16H,5-9H2,1-4H3/t10?,11?,12-/m0/s1. The zero-order chi connectivity index (χ0) is 11.9. The Morgan fingerprint density at radius 2 is 1.62 bits per heavy atom. The first-order valence-corrected chi connectivity index (χ1v) is 6.83. The van der Waals surface area contributed by atoms with Gasteiger partial charge in [0.25, 0.3) is 0 Å². The first-order chi connectivity index (χ1) is 7.39. The van der Waals surface area contributed by atoms with Crippen LogP contribution in [0.15, 0.2) is 11.1 Å². The number of allylic oxidation sites excluding steroid dienone is 2. The maximum Gasteiger partial charge on any atom is 0.0622 e. The van der Waals surface area contributed by atoms with E-state index in [2.05, 4.69) is 13.8 Å². The molecular formula is C15H26O. The van der Waals surface area contributed by atoms with E-state index < -0.39 is 5.60 Å². The minimum Gasteiger partial charge on any atom is -0.390 e. The average Bonchev–Trinajstić information content (AvgIpc) is 2.42. The molecule has 0 aromatic carbocycles. The molecule has 0 fully saturated rings. The van der Waals surface area contributed by atoms with E-state index in [0.717, 1.165) is 18.3 Å². The quantitative estimate of drug-likeness (QED) is 0.667. The van der Waals surface area contributed by atoms with Gasteiger partial charge in [-0.15, -0.1) is 0 Å². The second-order valence-corrected chi connectivity index (χ2v) is 6.52. The molecule has 2 aliphatic carbocycles. The Kier molecular flexibility index (Phi) is 3.18. The first-order valence-electron chi connectivity index (χ1n) is 6.83. The van der Waals surface area contributed by atoms with Crippen molar-refractivity contribution in [2.24, 2.45) is 17.8 Å². The summed E-state index contributed by atoms with van der Waals surface area (Å²) >= 11 is 0. The molecule has 0 aromatic heterocycles. The smallest absolute Gasteiger partial charge is 0.0622 e. The Morgan fingerprint density at radius 3 is 2.25 bits per heavy atom. The number of rotatable bonds is 1. The van der Waals surface area contributed by atoms with Crippen LogP contribution in [0.1, 0.15) is 59.8 Å². The lowest BCUT2D eigenvalue weighted by Gasteiger charge is -2.30. The molecule has 0 bridgehead atoms. The van der Waals surface area contributed by atoms with Crippen LogP contribution in [0.5, 0.6) is 0 Å². The Balaban J connectivity index is 2.23. The summed E-state index contributed by atoms with van der Waals surface area (Å²) < 4.78 is 0. The molecule has 0 aromatic rings. The van der Waals surface area contributed by atoms with E-state index in [9.17, 15) is 5.11 Å². The van der Waals surface area contributed by atoms with E-state index in [-0.39, 0.29) is 0 Å². The third kappa shape index (κ3) is 2.20. The van der Waals surface area contributed by atoms with Crippen molar-refractivity contribution in [2.75, 3.05) is 0 Å². The predicted molar refractivity (Wildman–Crippen MR) is 68.2 cm³/mol. The van der Waals surface area contributed by atoms with E-state index in [1.165, 1.54) is 25.7 Å². The fourth-order valence-corrected chi connectivity index (χ4v) is 3.51. The molecule has 3 atom stereocenters. The molecule has 1 heteroatoms. The highest BCUT2D eigenvalue weighted by atomic mass is 16.3. The Morgan fingerprint density at radius 1 is 1.00 bits per heavy atom. The van der Waals surface area contributed by atoms with Crippen LogP contribution in [0.2, 0.25) is 0 Å². The van der Waals surface area contributed by atoms with Crippen LogP contribution in [-0.2, 0) is 0 Å². The summed E-state index contributed by atoms with van der Waals surface area (Å²) in [5, 5.41) is 10.2. The fourth-order valence-electron chi connectivity index (χ4n) is 3.51. The zero-order valence-electron chi connectivity index (χ0n) is 11.2. The van der Waals surface area contributed by atoms with Gasteiger partial charge in [-0.05, 0) is 63.7 Å². The molecule has 0 saturated carbocycles. The molecule has 16 heavy (non-hydrogen) atoms. The Bertz CT molecular complexity index is 295. The Hall–Kier alpha value is -0.300. The molecule has 1 nitrogen and oxygen atoms in total. The maximum atomic E-state index is 10.2. The van der Waals surface area contributed by atoms with Gasteiger partial charge in [0, 0.05) is 0 Å². The lowest BCUT2D eigenvalue weighted by molar-refractivity contribution is 0.0119. The van der Waals surface area contributed by atoms with Crippen molar-refractivity contribution in [3.05, 3.63) is 11.1 Å². The van der Waals surface area contributed by atoms with Gasteiger partial charge in [-0.25, -0.2) is 0 Å². The third-order valence-electron chi connectivity index (χ3n) is 4.86. The van der Waals surface area contributed by atoms with E-state index in [4.69, 9.17) is 0 Å². The SMILES string of the molecule is CC1CC[C@H](C(C)(C)O)CC2=C1CCC2C. The van der Waals surface area contributed by atoms with Crippen LogP contribution in [-0.4, -0.2) is 10.7 Å². The average molecular weight is 222 g/mol. The zero-order valence-corrected chi connectivity index (χ0v) is 11.2. The summed E-state index contributed by atoms with van der Waals surface area (Å²) in [6.45, 7) is 8.70. The van der Waals surface area contributed by atoms with Crippen LogP contribution in [0.4, 0.5) is 0 Å². The van der Waals surface area contributed by atoms with Gasteiger partial charge in [0.2, 0.25) is 0 Å². The molecule has 1 N–H and O–H groups in total. The Labute approximate surface area is 99.9 Å². The molecule has 2 aliphatic rings. The van der Waals surface area contributed by atoms with Crippen LogP contribution in [0, 0.1) is 17.8 Å². The fraction of sp³-hybridized carbons (Fsp3) is 0.867. The van der Waals surface area contributed by atoms with E-state index in [1.807, 2.05) is 13.8 Å². The summed E-state index contributed by atoms with van der Waals surface area (Å²) in [4.78, 5) is 0. The minimum atomic E-state index is -0.509. The highest BCUT2D eigenvalue weighted by Gasteiger charge is 2.35. The van der Waals surface area contributed by atoms with Gasteiger partial charge in [0.15, 0.2) is 0 Å². The second-order valence-electron chi connectivity index (χ2n) is 6.52. The van der Waals surface area contributed by atoms with Gasteiger partial charge in [0.05, 0.1) is 5.60 Å². The normalized spacial score (nSPS) is 36.2. The van der Waals surface area contributed by atoms with Gasteiger partial charge < -0.3 is 5.11 Å². The maximum absolute atomic E-state index is 10.2. The van der Waals surface area contributed by atoms with Gasteiger partial charge in [-0.2, -0.15) is 0 Å². The highest BCUT2D eigenvalue weighted by molar-refractivity contribution is 5.26. The second kappa shape index (κ2) is 4.18. The van der Waals surface area contributed by atoms with Crippen LogP contribution < -0.4 is 0 Å². The largest absolute Gasteiger partial charge is 0.390 e. The summed E-state index contributed by atoms with van der Waals surface area (Å²) in [5.74, 6) is 1.98. The first kappa shape index (κ1) is 12.2. The number of aliphatic hydroxyl groups is 1. The number of hydrogen-bond donors (Lipinski definition) is 1. The van der Waals surface area contributed by atoms with Crippen molar-refractivity contribution < 1.29 is 5.11 Å². The van der Waals surface area contributed by atoms with Gasteiger partial charge in [0.1, 0.15) is 0 Å². The van der Waals surface area contributed by atoms with E-state index in [0.29, 0.717) is 5.92 Å². The molecule has 0 spiro atoms. The molecule has 0 heterocycles. The highest BCUT2D eigenvalue weighted by Crippen LogP contribution is 2.45.